The number of primary amides is 1. The smallest absolute Gasteiger partial charge is 0.408 e. The zero-order valence-corrected chi connectivity index (χ0v) is 21.2. The van der Waals surface area contributed by atoms with Gasteiger partial charge in [0.2, 0.25) is 17.7 Å². The Morgan fingerprint density at radius 2 is 1.76 bits per heavy atom. The lowest BCUT2D eigenvalue weighted by atomic mass is 9.94. The Morgan fingerprint density at radius 3 is 2.26 bits per heavy atom. The number of ether oxygens (including phenoxy) is 1. The van der Waals surface area contributed by atoms with Crippen LogP contribution in [0.4, 0.5) is 4.79 Å². The molecule has 4 amide bonds. The van der Waals surface area contributed by atoms with Crippen molar-refractivity contribution >= 4 is 23.8 Å². The van der Waals surface area contributed by atoms with Crippen molar-refractivity contribution in [3.05, 3.63) is 47.5 Å². The number of carbonyl (C=O) groups is 4. The highest BCUT2D eigenvalue weighted by Gasteiger charge is 2.37. The van der Waals surface area contributed by atoms with Crippen molar-refractivity contribution in [1.82, 2.24) is 15.5 Å². The Kier molecular flexibility index (Phi) is 10.3. The first-order chi connectivity index (χ1) is 15.7. The van der Waals surface area contributed by atoms with Crippen molar-refractivity contribution < 1.29 is 23.9 Å². The molecule has 1 rings (SSSR count). The van der Waals surface area contributed by atoms with Crippen LogP contribution < -0.4 is 16.4 Å². The van der Waals surface area contributed by atoms with Crippen LogP contribution in [0.2, 0.25) is 0 Å². The van der Waals surface area contributed by atoms with Gasteiger partial charge in [-0.25, -0.2) is 4.79 Å². The summed E-state index contributed by atoms with van der Waals surface area (Å²) in [6, 6.07) is 2.97. The SMILES string of the molecule is C=CCN(C(=O)C(CC(N)=O)NC(=O)OC(C)(C)C)C(C(=O)NC(C)C)c1cccc(C)c1C. The van der Waals surface area contributed by atoms with Crippen LogP contribution in [0.25, 0.3) is 0 Å². The number of hydrogen-bond donors (Lipinski definition) is 3. The molecule has 0 saturated carbocycles. The number of nitrogens with zero attached hydrogens (tertiary/aromatic N) is 1. The van der Waals surface area contributed by atoms with Gasteiger partial charge in [-0.15, -0.1) is 6.58 Å². The molecule has 1 aromatic rings. The predicted molar refractivity (Wildman–Crippen MR) is 131 cm³/mol. The fourth-order valence-electron chi connectivity index (χ4n) is 3.40. The number of amides is 4. The van der Waals surface area contributed by atoms with Crippen molar-refractivity contribution in [1.29, 1.82) is 0 Å². The monoisotopic (exact) mass is 474 g/mol. The van der Waals surface area contributed by atoms with Crippen molar-refractivity contribution in [2.24, 2.45) is 5.73 Å². The van der Waals surface area contributed by atoms with Crippen LogP contribution in [-0.2, 0) is 19.1 Å². The second-order valence-electron chi connectivity index (χ2n) is 9.50. The lowest BCUT2D eigenvalue weighted by Gasteiger charge is -2.34. The number of nitrogens with one attached hydrogen (secondary N) is 2. The van der Waals surface area contributed by atoms with Gasteiger partial charge >= 0.3 is 6.09 Å². The molecule has 0 fully saturated rings. The summed E-state index contributed by atoms with van der Waals surface area (Å²) in [5.74, 6) is -1.84. The molecule has 0 aliphatic heterocycles. The van der Waals surface area contributed by atoms with Crippen LogP contribution in [0, 0.1) is 13.8 Å². The zero-order chi connectivity index (χ0) is 26.2. The minimum absolute atomic E-state index is 0.00629. The molecule has 0 radical (unpaired) electrons. The zero-order valence-electron chi connectivity index (χ0n) is 21.2. The molecule has 9 heteroatoms. The lowest BCUT2D eigenvalue weighted by Crippen LogP contribution is -2.54. The molecule has 0 spiro atoms. The van der Waals surface area contributed by atoms with Gasteiger partial charge in [0.05, 0.1) is 6.42 Å². The number of alkyl carbamates (subject to hydrolysis) is 1. The van der Waals surface area contributed by atoms with E-state index in [4.69, 9.17) is 10.5 Å². The van der Waals surface area contributed by atoms with Crippen LogP contribution in [0.3, 0.4) is 0 Å². The van der Waals surface area contributed by atoms with Crippen molar-refractivity contribution in [3.8, 4) is 0 Å². The van der Waals surface area contributed by atoms with Gasteiger partial charge in [0.1, 0.15) is 17.7 Å². The fourth-order valence-corrected chi connectivity index (χ4v) is 3.40. The van der Waals surface area contributed by atoms with E-state index in [0.29, 0.717) is 5.56 Å². The molecule has 1 aromatic carbocycles. The third-order valence-electron chi connectivity index (χ3n) is 4.94. The van der Waals surface area contributed by atoms with E-state index in [2.05, 4.69) is 17.2 Å². The Hall–Kier alpha value is -3.36. The normalized spacial score (nSPS) is 12.9. The molecule has 0 aliphatic rings. The van der Waals surface area contributed by atoms with E-state index < -0.39 is 47.9 Å². The van der Waals surface area contributed by atoms with Crippen LogP contribution in [0.5, 0.6) is 0 Å². The second-order valence-corrected chi connectivity index (χ2v) is 9.50. The Balaban J connectivity index is 3.52. The Labute approximate surface area is 202 Å². The largest absolute Gasteiger partial charge is 0.444 e. The van der Waals surface area contributed by atoms with Gasteiger partial charge in [-0.05, 0) is 65.2 Å². The van der Waals surface area contributed by atoms with Gasteiger partial charge in [-0.3, -0.25) is 14.4 Å². The average molecular weight is 475 g/mol. The first-order valence-electron chi connectivity index (χ1n) is 11.2. The summed E-state index contributed by atoms with van der Waals surface area (Å²) in [5.41, 5.74) is 6.97. The van der Waals surface area contributed by atoms with E-state index in [1.54, 1.807) is 26.8 Å². The number of nitrogens with two attached hydrogens (primary N) is 1. The van der Waals surface area contributed by atoms with Gasteiger partial charge in [-0.2, -0.15) is 0 Å². The van der Waals surface area contributed by atoms with Gasteiger partial charge in [0, 0.05) is 12.6 Å². The van der Waals surface area contributed by atoms with Crippen molar-refractivity contribution in [2.75, 3.05) is 6.54 Å². The second kappa shape index (κ2) is 12.2. The van der Waals surface area contributed by atoms with Crippen LogP contribution in [0.1, 0.15) is 63.8 Å². The molecule has 9 nitrogen and oxygen atoms in total. The Morgan fingerprint density at radius 1 is 1.15 bits per heavy atom. The summed E-state index contributed by atoms with van der Waals surface area (Å²) >= 11 is 0. The third-order valence-corrected chi connectivity index (χ3v) is 4.94. The van der Waals surface area contributed by atoms with Crippen LogP contribution in [0.15, 0.2) is 30.9 Å². The van der Waals surface area contributed by atoms with Gasteiger partial charge in [0.15, 0.2) is 0 Å². The molecule has 188 valence electrons. The first-order valence-corrected chi connectivity index (χ1v) is 11.2. The molecule has 0 bridgehead atoms. The predicted octanol–water partition coefficient (Wildman–Crippen LogP) is 2.65. The van der Waals surface area contributed by atoms with Gasteiger partial charge in [-0.1, -0.05) is 24.3 Å². The maximum Gasteiger partial charge on any atom is 0.408 e. The van der Waals surface area contributed by atoms with Gasteiger partial charge < -0.3 is 26.0 Å². The van der Waals surface area contributed by atoms with Gasteiger partial charge in [0.25, 0.3) is 0 Å². The number of carbonyl (C=O) groups excluding carboxylic acids is 4. The van der Waals surface area contributed by atoms with Crippen molar-refractivity contribution in [3.63, 3.8) is 0 Å². The molecule has 2 unspecified atom stereocenters. The maximum absolute atomic E-state index is 13.7. The number of rotatable bonds is 10. The fraction of sp³-hybridized carbons (Fsp3) is 0.520. The van der Waals surface area contributed by atoms with Crippen LogP contribution in [-0.4, -0.2) is 52.9 Å². The van der Waals surface area contributed by atoms with E-state index in [1.165, 1.54) is 11.0 Å². The standard InChI is InChI=1S/C25H38N4O5/c1-9-13-29(23(32)19(14-20(26)30)28-24(33)34-25(6,7)8)21(22(31)27-15(2)3)18-12-10-11-16(4)17(18)5/h9-12,15,19,21H,1,13-14H2,2-8H3,(H2,26,30)(H,27,31)(H,28,33). The molecule has 0 aliphatic carbocycles. The number of aryl methyl sites for hydroxylation is 1. The molecule has 0 saturated heterocycles. The van der Waals surface area contributed by atoms with E-state index in [-0.39, 0.29) is 12.6 Å². The van der Waals surface area contributed by atoms with E-state index in [0.717, 1.165) is 11.1 Å². The molecule has 0 aromatic heterocycles. The highest BCUT2D eigenvalue weighted by atomic mass is 16.6. The minimum Gasteiger partial charge on any atom is -0.444 e. The lowest BCUT2D eigenvalue weighted by molar-refractivity contribution is -0.142. The summed E-state index contributed by atoms with van der Waals surface area (Å²) < 4.78 is 5.25. The quantitative estimate of drug-likeness (QED) is 0.449. The Bertz CT molecular complexity index is 920. The average Bonchev–Trinajstić information content (AvgIpc) is 2.67. The highest BCUT2D eigenvalue weighted by Crippen LogP contribution is 2.27. The molecule has 34 heavy (non-hydrogen) atoms. The highest BCUT2D eigenvalue weighted by molar-refractivity contribution is 5.94. The summed E-state index contributed by atoms with van der Waals surface area (Å²) in [7, 11) is 0. The molecular weight excluding hydrogens is 436 g/mol. The molecule has 2 atom stereocenters. The molecule has 0 heterocycles. The summed E-state index contributed by atoms with van der Waals surface area (Å²) in [6.07, 6.45) is 0.144. The molecule has 4 N–H and O–H groups in total. The van der Waals surface area contributed by atoms with E-state index >= 15 is 0 Å². The maximum atomic E-state index is 13.7. The topological polar surface area (TPSA) is 131 Å². The molecular formula is C25H38N4O5. The van der Waals surface area contributed by atoms with E-state index in [9.17, 15) is 19.2 Å². The minimum atomic E-state index is -1.33. The third kappa shape index (κ3) is 8.53. The number of hydrogen-bond acceptors (Lipinski definition) is 5. The summed E-state index contributed by atoms with van der Waals surface area (Å²) in [4.78, 5) is 52.5. The van der Waals surface area contributed by atoms with Crippen LogP contribution >= 0.6 is 0 Å². The first kappa shape index (κ1) is 28.7. The van der Waals surface area contributed by atoms with E-state index in [1.807, 2.05) is 39.8 Å². The number of benzene rings is 1. The summed E-state index contributed by atoms with van der Waals surface area (Å²) in [6.45, 7) is 16.2. The van der Waals surface area contributed by atoms with Crippen molar-refractivity contribution in [2.45, 2.75) is 78.6 Å². The summed E-state index contributed by atoms with van der Waals surface area (Å²) in [5, 5.41) is 5.30.